The molecule has 2 aromatic carbocycles. The Bertz CT molecular complexity index is 706. The topological polar surface area (TPSA) is 59.3 Å². The molecule has 2 N–H and O–H groups in total. The summed E-state index contributed by atoms with van der Waals surface area (Å²) in [6.45, 7) is 3.88. The number of aliphatic hydroxyl groups excluding tert-OH is 1. The molecule has 0 saturated heterocycles. The first kappa shape index (κ1) is 16.7. The number of hydrogen-bond acceptors (Lipinski definition) is 4. The van der Waals surface area contributed by atoms with Crippen LogP contribution >= 0.6 is 0 Å². The molecule has 4 heteroatoms. The van der Waals surface area contributed by atoms with E-state index in [1.54, 1.807) is 0 Å². The van der Waals surface area contributed by atoms with Gasteiger partial charge in [0.2, 0.25) is 0 Å². The number of nitriles is 1. The van der Waals surface area contributed by atoms with Crippen molar-refractivity contribution in [3.63, 3.8) is 0 Å². The van der Waals surface area contributed by atoms with Crippen LogP contribution in [0.1, 0.15) is 22.3 Å². The third-order valence-corrected chi connectivity index (χ3v) is 4.47. The van der Waals surface area contributed by atoms with Gasteiger partial charge in [-0.2, -0.15) is 5.26 Å². The summed E-state index contributed by atoms with van der Waals surface area (Å²) in [6, 6.07) is 18.2. The van der Waals surface area contributed by atoms with Gasteiger partial charge in [0.1, 0.15) is 0 Å². The molecule has 0 bridgehead atoms. The molecule has 3 rings (SSSR count). The van der Waals surface area contributed by atoms with Crippen LogP contribution in [0.15, 0.2) is 48.5 Å². The summed E-state index contributed by atoms with van der Waals surface area (Å²) in [4.78, 5) is 2.32. The van der Waals surface area contributed by atoms with Crippen molar-refractivity contribution in [2.24, 2.45) is 0 Å². The number of hydrogen-bond donors (Lipinski definition) is 2. The minimum absolute atomic E-state index is 0.381. The Morgan fingerprint density at radius 2 is 1.88 bits per heavy atom. The van der Waals surface area contributed by atoms with Gasteiger partial charge in [-0.05, 0) is 35.2 Å². The summed E-state index contributed by atoms with van der Waals surface area (Å²) >= 11 is 0. The molecule has 0 radical (unpaired) electrons. The lowest BCUT2D eigenvalue weighted by molar-refractivity contribution is 0.104. The standard InChI is InChI=1S/C20H23N3O/c21-11-16-5-7-17(8-6-16)12-22-13-20(24)15-23-10-9-18-3-1-2-4-19(18)14-23/h1-8,20,22,24H,9-10,12-15H2/t20-/m0/s1. The monoisotopic (exact) mass is 321 g/mol. The molecule has 0 aliphatic carbocycles. The zero-order chi connectivity index (χ0) is 16.8. The van der Waals surface area contributed by atoms with Crippen LogP contribution in [-0.2, 0) is 19.5 Å². The van der Waals surface area contributed by atoms with E-state index in [0.29, 0.717) is 25.2 Å². The highest BCUT2D eigenvalue weighted by atomic mass is 16.3. The van der Waals surface area contributed by atoms with Crippen LogP contribution in [0.2, 0.25) is 0 Å². The Labute approximate surface area is 143 Å². The van der Waals surface area contributed by atoms with Gasteiger partial charge in [-0.25, -0.2) is 0 Å². The maximum Gasteiger partial charge on any atom is 0.0991 e. The van der Waals surface area contributed by atoms with Crippen LogP contribution in [0.5, 0.6) is 0 Å². The average Bonchev–Trinajstić information content (AvgIpc) is 2.62. The van der Waals surface area contributed by atoms with Crippen molar-refractivity contribution < 1.29 is 5.11 Å². The van der Waals surface area contributed by atoms with E-state index in [9.17, 15) is 5.11 Å². The number of β-amino-alcohol motifs (C(OH)–C–C–N with tert-alkyl or cyclic N) is 1. The molecule has 0 aromatic heterocycles. The van der Waals surface area contributed by atoms with E-state index in [0.717, 1.165) is 25.1 Å². The molecule has 1 aliphatic heterocycles. The van der Waals surface area contributed by atoms with E-state index >= 15 is 0 Å². The summed E-state index contributed by atoms with van der Waals surface area (Å²) in [7, 11) is 0. The van der Waals surface area contributed by atoms with Gasteiger partial charge in [-0.1, -0.05) is 36.4 Å². The zero-order valence-corrected chi connectivity index (χ0v) is 13.8. The summed E-state index contributed by atoms with van der Waals surface area (Å²) < 4.78 is 0. The smallest absolute Gasteiger partial charge is 0.0991 e. The number of nitrogens with one attached hydrogen (secondary N) is 1. The lowest BCUT2D eigenvalue weighted by Gasteiger charge is -2.30. The van der Waals surface area contributed by atoms with Gasteiger partial charge in [0.05, 0.1) is 17.7 Å². The van der Waals surface area contributed by atoms with Crippen LogP contribution in [0, 0.1) is 11.3 Å². The Morgan fingerprint density at radius 3 is 2.62 bits per heavy atom. The highest BCUT2D eigenvalue weighted by Crippen LogP contribution is 2.18. The molecule has 1 heterocycles. The lowest BCUT2D eigenvalue weighted by atomic mass is 10.00. The van der Waals surface area contributed by atoms with Crippen LogP contribution < -0.4 is 5.32 Å². The van der Waals surface area contributed by atoms with Crippen LogP contribution in [0.4, 0.5) is 0 Å². The molecule has 24 heavy (non-hydrogen) atoms. The van der Waals surface area contributed by atoms with E-state index in [1.807, 2.05) is 24.3 Å². The summed E-state index contributed by atoms with van der Waals surface area (Å²) in [5.74, 6) is 0. The van der Waals surface area contributed by atoms with Gasteiger partial charge in [-0.3, -0.25) is 4.90 Å². The van der Waals surface area contributed by atoms with E-state index in [1.165, 1.54) is 11.1 Å². The molecule has 124 valence electrons. The van der Waals surface area contributed by atoms with Crippen molar-refractivity contribution in [1.29, 1.82) is 5.26 Å². The Balaban J connectivity index is 1.41. The quantitative estimate of drug-likeness (QED) is 0.855. The molecule has 1 aliphatic rings. The Morgan fingerprint density at radius 1 is 1.12 bits per heavy atom. The van der Waals surface area contributed by atoms with Crippen molar-refractivity contribution in [2.75, 3.05) is 19.6 Å². The van der Waals surface area contributed by atoms with Crippen molar-refractivity contribution in [3.05, 3.63) is 70.8 Å². The maximum atomic E-state index is 10.3. The lowest BCUT2D eigenvalue weighted by Crippen LogP contribution is -2.40. The third-order valence-electron chi connectivity index (χ3n) is 4.47. The van der Waals surface area contributed by atoms with Gasteiger partial charge in [0.15, 0.2) is 0 Å². The highest BCUT2D eigenvalue weighted by Gasteiger charge is 2.18. The van der Waals surface area contributed by atoms with Gasteiger partial charge in [-0.15, -0.1) is 0 Å². The van der Waals surface area contributed by atoms with E-state index < -0.39 is 0 Å². The number of aliphatic hydroxyl groups is 1. The second-order valence-electron chi connectivity index (χ2n) is 6.35. The molecule has 0 fully saturated rings. The fraction of sp³-hybridized carbons (Fsp3) is 0.350. The number of fused-ring (bicyclic) bond motifs is 1. The molecule has 4 nitrogen and oxygen atoms in total. The van der Waals surface area contributed by atoms with E-state index in [2.05, 4.69) is 40.6 Å². The summed E-state index contributed by atoms with van der Waals surface area (Å²) in [5, 5.41) is 22.3. The minimum Gasteiger partial charge on any atom is -0.390 e. The fourth-order valence-corrected chi connectivity index (χ4v) is 3.15. The first-order chi connectivity index (χ1) is 11.7. The average molecular weight is 321 g/mol. The maximum absolute atomic E-state index is 10.3. The predicted molar refractivity (Wildman–Crippen MR) is 94.3 cm³/mol. The molecule has 2 aromatic rings. The molecule has 0 unspecified atom stereocenters. The largest absolute Gasteiger partial charge is 0.390 e. The van der Waals surface area contributed by atoms with Crippen molar-refractivity contribution >= 4 is 0 Å². The third kappa shape index (κ3) is 4.42. The Hall–Kier alpha value is -2.19. The predicted octanol–water partition coefficient (Wildman–Crippen LogP) is 2.07. The summed E-state index contributed by atoms with van der Waals surface area (Å²) in [6.07, 6.45) is 0.676. The number of benzene rings is 2. The minimum atomic E-state index is -0.381. The molecule has 1 atom stereocenters. The SMILES string of the molecule is N#Cc1ccc(CNC[C@H](O)CN2CCc3ccccc3C2)cc1. The first-order valence-electron chi connectivity index (χ1n) is 8.41. The zero-order valence-electron chi connectivity index (χ0n) is 13.8. The van der Waals surface area contributed by atoms with Crippen molar-refractivity contribution in [3.8, 4) is 6.07 Å². The van der Waals surface area contributed by atoms with Gasteiger partial charge >= 0.3 is 0 Å². The van der Waals surface area contributed by atoms with Gasteiger partial charge in [0, 0.05) is 32.7 Å². The number of rotatable bonds is 6. The second-order valence-corrected chi connectivity index (χ2v) is 6.35. The molecule has 0 saturated carbocycles. The Kier molecular flexibility index (Phi) is 5.60. The van der Waals surface area contributed by atoms with Crippen LogP contribution in [0.3, 0.4) is 0 Å². The molecular formula is C20H23N3O. The fourth-order valence-electron chi connectivity index (χ4n) is 3.15. The molecule has 0 spiro atoms. The molecular weight excluding hydrogens is 298 g/mol. The van der Waals surface area contributed by atoms with Gasteiger partial charge < -0.3 is 10.4 Å². The summed E-state index contributed by atoms with van der Waals surface area (Å²) in [5.41, 5.74) is 4.60. The normalized spacial score (nSPS) is 15.5. The second kappa shape index (κ2) is 8.07. The van der Waals surface area contributed by atoms with Crippen LogP contribution in [-0.4, -0.2) is 35.7 Å². The highest BCUT2D eigenvalue weighted by molar-refractivity contribution is 5.31. The van der Waals surface area contributed by atoms with E-state index in [4.69, 9.17) is 5.26 Å². The van der Waals surface area contributed by atoms with Gasteiger partial charge in [0.25, 0.3) is 0 Å². The van der Waals surface area contributed by atoms with E-state index in [-0.39, 0.29) is 6.10 Å². The van der Waals surface area contributed by atoms with Crippen molar-refractivity contribution in [2.45, 2.75) is 25.6 Å². The number of nitrogens with zero attached hydrogens (tertiary/aromatic N) is 2. The van der Waals surface area contributed by atoms with Crippen LogP contribution in [0.25, 0.3) is 0 Å². The molecule has 0 amide bonds. The van der Waals surface area contributed by atoms with Crippen molar-refractivity contribution in [1.82, 2.24) is 10.2 Å². The first-order valence-corrected chi connectivity index (χ1v) is 8.41.